The highest BCUT2D eigenvalue weighted by molar-refractivity contribution is 7.80. The minimum atomic E-state index is -0.885. The molecule has 7 aromatic carbocycles. The van der Waals surface area contributed by atoms with Crippen LogP contribution in [0, 0.1) is 0 Å². The SMILES string of the molecule is CCCOCCOCCN1CCNC(=O)c2ccc(c(O)c2O)C(=O)NCCN(CCN2CCNC(=O)c3ccc(c(OCc4ccccc4)c3OCc3ccccc3)C(=O)NCCN(CCOCCOCCOC)CCNC(=O)c3ccc(c(O)c3O)C(=O)NC(CCCCNC(=S)Nc3ccc(N=C=S)cc3)C2)CCNC(=O)c2ccc(c(O)c2O)C(=O)NCC1. The minimum absolute atomic E-state index is 0.00127. The van der Waals surface area contributed by atoms with Crippen molar-refractivity contribution in [3.05, 3.63) is 189 Å². The summed E-state index contributed by atoms with van der Waals surface area (Å²) >= 11 is 10.4. The summed E-state index contributed by atoms with van der Waals surface area (Å²) in [5.41, 5.74) is 0.623. The number of phenols is 6. The maximum Gasteiger partial charge on any atom is 0.255 e. The van der Waals surface area contributed by atoms with Gasteiger partial charge in [-0.3, -0.25) is 58.0 Å². The molecule has 8 amide bonds. The molecule has 8 bridgehead atoms. The Kier molecular flexibility index (Phi) is 42.1. The zero-order chi connectivity index (χ0) is 91.4. The summed E-state index contributed by atoms with van der Waals surface area (Å²) in [7, 11) is 1.57. The molecule has 688 valence electrons. The number of amides is 8. The van der Waals surface area contributed by atoms with Gasteiger partial charge in [0.05, 0.1) is 108 Å². The van der Waals surface area contributed by atoms with E-state index < -0.39 is 87.8 Å². The van der Waals surface area contributed by atoms with Gasteiger partial charge < -0.3 is 117 Å². The molecule has 1 unspecified atom stereocenters. The molecule has 0 saturated heterocycles. The number of rotatable bonds is 33. The van der Waals surface area contributed by atoms with Crippen LogP contribution < -0.4 is 62.6 Å². The number of carbonyl (C=O) groups is 8. The molecule has 0 spiro atoms. The second-order valence-electron chi connectivity index (χ2n) is 29.8. The third-order valence-corrected chi connectivity index (χ3v) is 21.0. The summed E-state index contributed by atoms with van der Waals surface area (Å²) < 4.78 is 41.1. The number of aliphatic imine (C=N–C) groups is 1. The van der Waals surface area contributed by atoms with E-state index in [1.165, 1.54) is 48.5 Å². The van der Waals surface area contributed by atoms with Crippen molar-refractivity contribution in [2.24, 2.45) is 4.99 Å². The lowest BCUT2D eigenvalue weighted by molar-refractivity contribution is 0.0196. The van der Waals surface area contributed by atoms with Gasteiger partial charge in [-0.1, -0.05) is 67.6 Å². The number of aromatic hydroxyl groups is 6. The number of thiocarbonyl (C=S) groups is 2. The van der Waals surface area contributed by atoms with Crippen LogP contribution in [0.25, 0.3) is 0 Å². The lowest BCUT2D eigenvalue weighted by Crippen LogP contribution is -2.49. The number of ether oxygens (including phenoxy) is 7. The van der Waals surface area contributed by atoms with Gasteiger partial charge >= 0.3 is 0 Å². The fourth-order valence-corrected chi connectivity index (χ4v) is 14.0. The highest BCUT2D eigenvalue weighted by Crippen LogP contribution is 2.39. The Labute approximate surface area is 753 Å². The molecular formula is C90H115N15O21S2. The fraction of sp³-hybridized carbons (Fsp3) is 0.422. The smallest absolute Gasteiger partial charge is 0.255 e. The van der Waals surface area contributed by atoms with Gasteiger partial charge in [0, 0.05) is 156 Å². The molecule has 0 saturated carbocycles. The number of isothiocyanates is 1. The number of benzene rings is 7. The molecule has 8 aliphatic rings. The number of methoxy groups -OCH3 is 1. The first-order valence-corrected chi connectivity index (χ1v) is 43.3. The van der Waals surface area contributed by atoms with Crippen LogP contribution in [0.4, 0.5) is 11.4 Å². The van der Waals surface area contributed by atoms with E-state index >= 15 is 4.79 Å². The number of hydrogen-bond donors (Lipinski definition) is 16. The molecule has 0 aromatic heterocycles. The Morgan fingerprint density at radius 3 is 1.13 bits per heavy atom. The van der Waals surface area contributed by atoms with E-state index in [2.05, 4.69) is 63.3 Å². The van der Waals surface area contributed by atoms with E-state index in [1.807, 2.05) is 87.2 Å². The molecule has 8 heterocycles. The Bertz CT molecular complexity index is 4770. The third-order valence-electron chi connectivity index (χ3n) is 20.7. The van der Waals surface area contributed by atoms with Crippen molar-refractivity contribution in [3.63, 3.8) is 0 Å². The van der Waals surface area contributed by atoms with Gasteiger partial charge in [0.25, 0.3) is 47.3 Å². The Morgan fingerprint density at radius 2 is 0.750 bits per heavy atom. The summed E-state index contributed by atoms with van der Waals surface area (Å²) in [6, 6.07) is 34.7. The predicted octanol–water partition coefficient (Wildman–Crippen LogP) is 5.64. The molecule has 38 heteroatoms. The van der Waals surface area contributed by atoms with E-state index in [0.717, 1.165) is 17.5 Å². The number of hydrogen-bond acceptors (Lipinski definition) is 28. The van der Waals surface area contributed by atoms with Crippen LogP contribution in [0.15, 0.2) is 138 Å². The average molecular weight is 1810 g/mol. The van der Waals surface area contributed by atoms with Gasteiger partial charge in [-0.25, -0.2) is 0 Å². The molecule has 36 nitrogen and oxygen atoms in total. The van der Waals surface area contributed by atoms with Gasteiger partial charge in [-0.2, -0.15) is 4.99 Å². The van der Waals surface area contributed by atoms with Crippen LogP contribution in [0.2, 0.25) is 0 Å². The van der Waals surface area contributed by atoms with E-state index in [0.29, 0.717) is 88.6 Å². The average Bonchev–Trinajstić information content (AvgIpc) is 0.793. The number of phenolic OH excluding ortho intramolecular Hbond substituents is 6. The van der Waals surface area contributed by atoms with Crippen LogP contribution in [-0.2, 0) is 36.9 Å². The van der Waals surface area contributed by atoms with Crippen LogP contribution in [0.3, 0.4) is 0 Å². The van der Waals surface area contributed by atoms with E-state index in [1.54, 1.807) is 31.4 Å². The monoisotopic (exact) mass is 1810 g/mol. The quantitative estimate of drug-likeness (QED) is 0.0102. The maximum absolute atomic E-state index is 15.3. The second kappa shape index (κ2) is 54.1. The molecule has 7 aromatic rings. The Morgan fingerprint density at radius 1 is 0.414 bits per heavy atom. The van der Waals surface area contributed by atoms with Gasteiger partial charge in [-0.05, 0) is 134 Å². The normalized spacial score (nSPS) is 15.9. The molecule has 8 aliphatic heterocycles. The summed E-state index contributed by atoms with van der Waals surface area (Å²) in [6.07, 6.45) is 2.01. The summed E-state index contributed by atoms with van der Waals surface area (Å²) in [4.78, 5) is 126. The summed E-state index contributed by atoms with van der Waals surface area (Å²) in [6.45, 7) is 6.75. The molecular weight excluding hydrogens is 1690 g/mol. The van der Waals surface area contributed by atoms with Crippen molar-refractivity contribution >= 4 is 93.3 Å². The van der Waals surface area contributed by atoms with Crippen molar-refractivity contribution < 1.29 is 102 Å². The standard InChI is InChI=1S/C90H115N15O21S2/c1-3-48-121-53-54-122-49-46-103-39-32-93-84(114)68-23-21-66(74(106)76(68)108)82(112)91-30-37-102(38-31-92-83(113)67-22-24-69(77(109)75(67)107)85(115)94-33-40-103)44-45-105-43-36-97-88(118)73-28-27-72(80(125-58-61-12-6-4-7-13-61)81(73)126-59-62-14-8-5-9-15-62)87(117)96-35-42-104(47-50-123-55-56-124-52-51-120-2)41-34-95-86(116)70-25-26-71(79(111)78(70)110)89(119)100-65(57-105)16-10-11-29-98-90(128)101-64-19-17-63(18-20-64)99-60-127/h4-9,12-15,17-28,65,106-111H,3,10-11,16,29-59H2,1-2H3,(H,91,112)(H,92,113)(H,93,114)(H,94,115)(H,95,116)(H,96,117)(H,97,118)(H,100,119)(H2,98,101,128). The Balaban J connectivity index is 1.04. The van der Waals surface area contributed by atoms with Crippen molar-refractivity contribution in [1.82, 2.24) is 67.5 Å². The molecule has 1 atom stereocenters. The number of nitrogens with zero attached hydrogens (tertiary/aromatic N) is 5. The molecule has 0 aliphatic carbocycles. The molecule has 15 rings (SSSR count). The predicted molar refractivity (Wildman–Crippen MR) is 485 cm³/mol. The van der Waals surface area contributed by atoms with Crippen molar-refractivity contribution in [2.75, 3.05) is 203 Å². The third kappa shape index (κ3) is 32.0. The van der Waals surface area contributed by atoms with Gasteiger partial charge in [0.15, 0.2) is 51.1 Å². The van der Waals surface area contributed by atoms with Crippen LogP contribution in [-0.4, -0.2) is 311 Å². The second-order valence-corrected chi connectivity index (χ2v) is 30.4. The lowest BCUT2D eigenvalue weighted by Gasteiger charge is -2.31. The largest absolute Gasteiger partial charge is 0.504 e. The van der Waals surface area contributed by atoms with Crippen LogP contribution >= 0.6 is 24.4 Å². The number of anilines is 1. The first-order chi connectivity index (χ1) is 62.1. The van der Waals surface area contributed by atoms with Gasteiger partial charge in [-0.15, -0.1) is 0 Å². The minimum Gasteiger partial charge on any atom is -0.504 e. The van der Waals surface area contributed by atoms with Gasteiger partial charge in [0.2, 0.25) is 0 Å². The van der Waals surface area contributed by atoms with Gasteiger partial charge in [0.1, 0.15) is 13.2 Å². The number of carbonyl (C=O) groups excluding carboxylic acids is 8. The fourth-order valence-electron chi connectivity index (χ4n) is 13.7. The molecule has 0 radical (unpaired) electrons. The van der Waals surface area contributed by atoms with Crippen molar-refractivity contribution in [1.29, 1.82) is 0 Å². The van der Waals surface area contributed by atoms with E-state index in [9.17, 15) is 64.2 Å². The first kappa shape index (κ1) is 99.6. The lowest BCUT2D eigenvalue weighted by atomic mass is 10.0. The van der Waals surface area contributed by atoms with Crippen molar-refractivity contribution in [3.8, 4) is 46.0 Å². The summed E-state index contributed by atoms with van der Waals surface area (Å²) in [5.74, 6) is -11.4. The van der Waals surface area contributed by atoms with Crippen molar-refractivity contribution in [2.45, 2.75) is 51.9 Å². The topological polar surface area (TPSA) is 468 Å². The van der Waals surface area contributed by atoms with E-state index in [-0.39, 0.29) is 207 Å². The van der Waals surface area contributed by atoms with E-state index in [4.69, 9.17) is 57.6 Å². The molecule has 16 N–H and O–H groups in total. The Hall–Kier alpha value is -12.2. The zero-order valence-corrected chi connectivity index (χ0v) is 73.5. The number of unbranched alkanes of at least 4 members (excludes halogenated alkanes) is 1. The molecule has 128 heavy (non-hydrogen) atoms. The summed E-state index contributed by atoms with van der Waals surface area (Å²) in [5, 5.41) is 101. The van der Waals surface area contributed by atoms with Crippen LogP contribution in [0.5, 0.6) is 46.0 Å². The zero-order valence-electron chi connectivity index (χ0n) is 71.9. The highest BCUT2D eigenvalue weighted by Gasteiger charge is 2.30. The maximum atomic E-state index is 15.3. The molecule has 0 fully saturated rings. The van der Waals surface area contributed by atoms with Crippen LogP contribution in [0.1, 0.15) is 127 Å². The highest BCUT2D eigenvalue weighted by atomic mass is 32.1. The number of nitrogens with one attached hydrogen (secondary N) is 10. The first-order valence-electron chi connectivity index (χ1n) is 42.5.